The molecule has 1 saturated carbocycles. The summed E-state index contributed by atoms with van der Waals surface area (Å²) in [6.07, 6.45) is -25.1. The number of aliphatic hydroxyl groups is 6. The van der Waals surface area contributed by atoms with Crippen LogP contribution in [0.1, 0.15) is 55.2 Å². The van der Waals surface area contributed by atoms with Gasteiger partial charge in [-0.05, 0) is 35.4 Å². The molecule has 1 unspecified atom stereocenters. The molecule has 4 aliphatic heterocycles. The number of alkyl carbamates (subject to hydrolysis) is 3. The van der Waals surface area contributed by atoms with E-state index in [-0.39, 0.29) is 39.3 Å². The van der Waals surface area contributed by atoms with Crippen LogP contribution in [0.25, 0.3) is 0 Å². The number of carbonyl (C=O) groups excluding carboxylic acids is 3. The van der Waals surface area contributed by atoms with Crippen LogP contribution in [-0.2, 0) is 71.9 Å². The standard InChI is InChI=1S/C56H69N3O20/c1-3-36-42(62)43(63)39(58-55(67)71-27-32-18-10-5-11-19-32)51(73-36)78-47-37(25-60)74-53(45(47)65)79-49-41(61)35(57-54(66)70-26-31-16-8-4-9-17-31)24-30(2)46(49)76-52-40(59-56(68)72-28-33-20-12-6-13-21-33)44(64)48-38(75-52)29-69-50(77-48)34-22-14-7-15-23-34/h4-23,30,35-53,60-65H,3,24-29H2,1-2H3,(H,57,66)(H,58,67)(H,59,68)/t30-,35+,36-,37+,38+,39+,40+,41-,42+,43+,44+,45+,46+,47+,48+,49+,50?,51+,52+,53-/m0/s1. The van der Waals surface area contributed by atoms with Gasteiger partial charge in [0.1, 0.15) is 92.9 Å². The van der Waals surface area contributed by atoms with E-state index in [1.54, 1.807) is 105 Å². The zero-order valence-electron chi connectivity index (χ0n) is 43.4. The first kappa shape index (κ1) is 57.8. The molecule has 0 aromatic heterocycles. The number of hydrogen-bond donors (Lipinski definition) is 9. The van der Waals surface area contributed by atoms with Gasteiger partial charge in [0.15, 0.2) is 25.2 Å². The Kier molecular flexibility index (Phi) is 19.8. The van der Waals surface area contributed by atoms with Crippen molar-refractivity contribution >= 4 is 18.3 Å². The van der Waals surface area contributed by atoms with Crippen LogP contribution in [0.3, 0.4) is 0 Å². The number of ether oxygens (including phenoxy) is 11. The summed E-state index contributed by atoms with van der Waals surface area (Å²) in [5.41, 5.74) is 2.75. The summed E-state index contributed by atoms with van der Waals surface area (Å²) in [6.45, 7) is 2.25. The summed E-state index contributed by atoms with van der Waals surface area (Å²) in [5.74, 6) is -0.666. The van der Waals surface area contributed by atoms with Gasteiger partial charge in [-0.2, -0.15) is 0 Å². The van der Waals surface area contributed by atoms with E-state index in [1.807, 2.05) is 30.3 Å². The van der Waals surface area contributed by atoms with Gasteiger partial charge in [0.2, 0.25) is 0 Å². The van der Waals surface area contributed by atoms with E-state index in [2.05, 4.69) is 16.0 Å². The minimum Gasteiger partial charge on any atom is -0.445 e. The van der Waals surface area contributed by atoms with Crippen LogP contribution in [0, 0.1) is 5.92 Å². The highest BCUT2D eigenvalue weighted by atomic mass is 16.8. The molecule has 4 aromatic carbocycles. The van der Waals surface area contributed by atoms with Gasteiger partial charge in [0.25, 0.3) is 0 Å². The molecule has 1 aliphatic carbocycles. The topological polar surface area (TPSA) is 310 Å². The molecular formula is C56H69N3O20. The summed E-state index contributed by atoms with van der Waals surface area (Å²) in [5, 5.41) is 77.6. The molecule has 23 nitrogen and oxygen atoms in total. The molecule has 4 heterocycles. The molecule has 0 radical (unpaired) electrons. The number of carbonyl (C=O) groups is 3. The lowest BCUT2D eigenvalue weighted by Crippen LogP contribution is -2.69. The molecule has 20 atom stereocenters. The molecule has 9 rings (SSSR count). The smallest absolute Gasteiger partial charge is 0.407 e. The van der Waals surface area contributed by atoms with Gasteiger partial charge < -0.3 is 98.7 Å². The van der Waals surface area contributed by atoms with E-state index >= 15 is 0 Å². The summed E-state index contributed by atoms with van der Waals surface area (Å²) >= 11 is 0. The van der Waals surface area contributed by atoms with Gasteiger partial charge in [0.05, 0.1) is 31.5 Å². The second kappa shape index (κ2) is 27.1. The summed E-state index contributed by atoms with van der Waals surface area (Å²) in [6, 6.07) is 31.8. The summed E-state index contributed by atoms with van der Waals surface area (Å²) in [4.78, 5) is 40.2. The van der Waals surface area contributed by atoms with Crippen LogP contribution in [0.4, 0.5) is 14.4 Å². The fraction of sp³-hybridized carbons (Fsp3) is 0.518. The summed E-state index contributed by atoms with van der Waals surface area (Å²) in [7, 11) is 0. The number of fused-ring (bicyclic) bond motifs is 1. The van der Waals surface area contributed by atoms with Crippen molar-refractivity contribution in [2.24, 2.45) is 5.92 Å². The second-order valence-corrected chi connectivity index (χ2v) is 20.1. The van der Waals surface area contributed by atoms with Crippen LogP contribution < -0.4 is 16.0 Å². The van der Waals surface area contributed by atoms with Crippen LogP contribution in [0.2, 0.25) is 0 Å². The molecule has 4 aromatic rings. The lowest BCUT2D eigenvalue weighted by atomic mass is 9.80. The Morgan fingerprint density at radius 3 is 1.56 bits per heavy atom. The van der Waals surface area contributed by atoms with E-state index in [1.165, 1.54) is 0 Å². The minimum absolute atomic E-state index is 0.0443. The molecule has 5 fully saturated rings. The largest absolute Gasteiger partial charge is 0.445 e. The first-order chi connectivity index (χ1) is 38.3. The Balaban J connectivity index is 0.961. The predicted molar refractivity (Wildman–Crippen MR) is 272 cm³/mol. The molecule has 9 N–H and O–H groups in total. The van der Waals surface area contributed by atoms with E-state index in [4.69, 9.17) is 52.1 Å². The predicted octanol–water partition coefficient (Wildman–Crippen LogP) is 2.56. The van der Waals surface area contributed by atoms with Gasteiger partial charge >= 0.3 is 18.3 Å². The molecule has 23 heteroatoms. The number of rotatable bonds is 18. The van der Waals surface area contributed by atoms with Gasteiger partial charge in [-0.15, -0.1) is 0 Å². The quantitative estimate of drug-likeness (QED) is 0.0647. The Labute approximate surface area is 455 Å². The number of nitrogens with one attached hydrogen (secondary N) is 3. The van der Waals surface area contributed by atoms with Crippen molar-refractivity contribution in [3.05, 3.63) is 144 Å². The van der Waals surface area contributed by atoms with Gasteiger partial charge in [-0.3, -0.25) is 0 Å². The van der Waals surface area contributed by atoms with Crippen LogP contribution in [0.15, 0.2) is 121 Å². The highest BCUT2D eigenvalue weighted by Crippen LogP contribution is 2.40. The molecular weight excluding hydrogens is 1030 g/mol. The molecule has 79 heavy (non-hydrogen) atoms. The van der Waals surface area contributed by atoms with Crippen molar-refractivity contribution in [1.29, 1.82) is 0 Å². The molecule has 5 aliphatic rings. The highest BCUT2D eigenvalue weighted by molar-refractivity contribution is 5.68. The summed E-state index contributed by atoms with van der Waals surface area (Å²) < 4.78 is 67.0. The van der Waals surface area contributed by atoms with Crippen molar-refractivity contribution in [2.75, 3.05) is 13.2 Å². The third kappa shape index (κ3) is 14.2. The van der Waals surface area contributed by atoms with Crippen molar-refractivity contribution < 1.29 is 97.1 Å². The lowest BCUT2D eigenvalue weighted by Gasteiger charge is -2.50. The zero-order valence-corrected chi connectivity index (χ0v) is 43.4. The highest BCUT2D eigenvalue weighted by Gasteiger charge is 2.57. The van der Waals surface area contributed by atoms with Crippen molar-refractivity contribution in [3.63, 3.8) is 0 Å². The number of amides is 3. The van der Waals surface area contributed by atoms with Gasteiger partial charge in [-0.1, -0.05) is 135 Å². The normalized spacial score (nSPS) is 35.3. The molecule has 0 spiro atoms. The third-order valence-corrected chi connectivity index (χ3v) is 14.7. The van der Waals surface area contributed by atoms with Crippen molar-refractivity contribution in [2.45, 2.75) is 163 Å². The van der Waals surface area contributed by atoms with Crippen LogP contribution >= 0.6 is 0 Å². The van der Waals surface area contributed by atoms with Gasteiger partial charge in [0, 0.05) is 5.56 Å². The fourth-order valence-corrected chi connectivity index (χ4v) is 10.4. The van der Waals surface area contributed by atoms with Crippen molar-refractivity contribution in [1.82, 2.24) is 16.0 Å². The zero-order chi connectivity index (χ0) is 55.6. The van der Waals surface area contributed by atoms with Gasteiger partial charge in [-0.25, -0.2) is 14.4 Å². The maximum Gasteiger partial charge on any atom is 0.407 e. The van der Waals surface area contributed by atoms with E-state index in [0.29, 0.717) is 22.3 Å². The Hall–Kier alpha value is -5.87. The Morgan fingerprint density at radius 2 is 1.01 bits per heavy atom. The maximum atomic E-state index is 13.6. The Bertz CT molecular complexity index is 2550. The van der Waals surface area contributed by atoms with Crippen LogP contribution in [0.5, 0.6) is 0 Å². The fourth-order valence-electron chi connectivity index (χ4n) is 10.4. The minimum atomic E-state index is -1.81. The maximum absolute atomic E-state index is 13.6. The first-order valence-electron chi connectivity index (χ1n) is 26.5. The van der Waals surface area contributed by atoms with E-state index < -0.39 is 147 Å². The Morgan fingerprint density at radius 1 is 0.532 bits per heavy atom. The SMILES string of the molecule is CC[C@@H]1O[C@H](O[C@H]2[C@@H](O)[C@H](O[C@@H]3[C@@H](O)[C@H](NC(=O)OCc4ccccc4)C[C@H](C)[C@H]3O[C@H]3O[C@@H]4COC(c5ccccc5)O[C@H]4[C@H](O)[C@H]3NC(=O)OCc3ccccc3)O[C@@H]2CO)[C@H](NC(=O)OCc2ccccc2)[C@@H](O)[C@@H]1O. The molecule has 0 bridgehead atoms. The number of hydrogen-bond acceptors (Lipinski definition) is 20. The monoisotopic (exact) mass is 1100 g/mol. The molecule has 3 amide bonds. The number of aliphatic hydroxyl groups excluding tert-OH is 6. The average Bonchev–Trinajstić information content (AvgIpc) is 3.88. The van der Waals surface area contributed by atoms with Crippen LogP contribution in [-0.4, -0.2) is 172 Å². The lowest BCUT2D eigenvalue weighted by molar-refractivity contribution is -0.360. The second-order valence-electron chi connectivity index (χ2n) is 20.1. The average molecular weight is 1100 g/mol. The van der Waals surface area contributed by atoms with E-state index in [9.17, 15) is 45.0 Å². The third-order valence-electron chi connectivity index (χ3n) is 14.7. The number of benzene rings is 4. The van der Waals surface area contributed by atoms with E-state index in [0.717, 1.165) is 0 Å². The molecule has 428 valence electrons. The first-order valence-corrected chi connectivity index (χ1v) is 26.5. The van der Waals surface area contributed by atoms with Crippen molar-refractivity contribution in [3.8, 4) is 0 Å². The molecule has 4 saturated heterocycles.